The lowest BCUT2D eigenvalue weighted by Crippen LogP contribution is -2.03. The quantitative estimate of drug-likeness (QED) is 0.897. The number of anilines is 1. The first-order chi connectivity index (χ1) is 7.75. The van der Waals surface area contributed by atoms with E-state index in [9.17, 15) is 0 Å². The third-order valence-electron chi connectivity index (χ3n) is 2.73. The van der Waals surface area contributed by atoms with Crippen molar-refractivity contribution in [2.45, 2.75) is 18.9 Å². The van der Waals surface area contributed by atoms with Crippen molar-refractivity contribution >= 4 is 44.1 Å². The molecular weight excluding hydrogens is 288 g/mol. The normalized spacial score (nSPS) is 15.4. The number of benzene rings is 1. The molecular formula is C12H10BrClN2. The van der Waals surface area contributed by atoms with Gasteiger partial charge in [0.05, 0.1) is 0 Å². The number of aromatic nitrogens is 1. The molecule has 0 aliphatic heterocycles. The molecule has 0 saturated heterocycles. The van der Waals surface area contributed by atoms with Gasteiger partial charge in [0, 0.05) is 32.5 Å². The van der Waals surface area contributed by atoms with Crippen LogP contribution < -0.4 is 5.32 Å². The number of nitrogens with one attached hydrogen (secondary N) is 1. The van der Waals surface area contributed by atoms with Crippen LogP contribution in [0.1, 0.15) is 12.8 Å². The van der Waals surface area contributed by atoms with Gasteiger partial charge in [-0.2, -0.15) is 0 Å². The molecule has 0 radical (unpaired) electrons. The third-order valence-corrected chi connectivity index (χ3v) is 3.65. The Hall–Kier alpha value is -0.800. The molecule has 0 unspecified atom stereocenters. The maximum Gasteiger partial charge on any atom is 0.134 e. The Morgan fingerprint density at radius 1 is 1.38 bits per heavy atom. The summed E-state index contributed by atoms with van der Waals surface area (Å²) in [6, 6.07) is 6.49. The molecule has 0 spiro atoms. The molecule has 0 atom stereocenters. The summed E-state index contributed by atoms with van der Waals surface area (Å²) in [5.41, 5.74) is 0. The minimum Gasteiger partial charge on any atom is -0.367 e. The molecule has 16 heavy (non-hydrogen) atoms. The summed E-state index contributed by atoms with van der Waals surface area (Å²) in [4.78, 5) is 4.41. The van der Waals surface area contributed by atoms with Gasteiger partial charge in [0.1, 0.15) is 5.82 Å². The molecule has 82 valence electrons. The molecule has 1 aliphatic rings. The predicted octanol–water partition coefficient (Wildman–Crippen LogP) is 4.23. The number of hydrogen-bond acceptors (Lipinski definition) is 2. The van der Waals surface area contributed by atoms with Crippen molar-refractivity contribution in [3.63, 3.8) is 0 Å². The van der Waals surface area contributed by atoms with Gasteiger partial charge in [0.2, 0.25) is 0 Å². The summed E-state index contributed by atoms with van der Waals surface area (Å²) in [6.07, 6.45) is 4.28. The average molecular weight is 298 g/mol. The average Bonchev–Trinajstić information content (AvgIpc) is 3.06. The first kappa shape index (κ1) is 10.4. The molecule has 0 amide bonds. The van der Waals surface area contributed by atoms with E-state index in [0.29, 0.717) is 6.04 Å². The molecule has 1 aliphatic carbocycles. The lowest BCUT2D eigenvalue weighted by molar-refractivity contribution is 1.12. The summed E-state index contributed by atoms with van der Waals surface area (Å²) >= 11 is 9.69. The van der Waals surface area contributed by atoms with Crippen LogP contribution in [0.4, 0.5) is 5.82 Å². The van der Waals surface area contributed by atoms with E-state index in [4.69, 9.17) is 11.6 Å². The zero-order chi connectivity index (χ0) is 11.1. The molecule has 0 bridgehead atoms. The minimum atomic E-state index is 0.593. The van der Waals surface area contributed by atoms with Crippen molar-refractivity contribution in [1.82, 2.24) is 4.98 Å². The Kier molecular flexibility index (Phi) is 2.52. The highest BCUT2D eigenvalue weighted by molar-refractivity contribution is 9.10. The van der Waals surface area contributed by atoms with Crippen LogP contribution >= 0.6 is 27.5 Å². The maximum atomic E-state index is 6.20. The number of halogens is 2. The monoisotopic (exact) mass is 296 g/mol. The summed E-state index contributed by atoms with van der Waals surface area (Å²) in [6.45, 7) is 0. The Morgan fingerprint density at radius 3 is 2.94 bits per heavy atom. The molecule has 3 rings (SSSR count). The summed E-state index contributed by atoms with van der Waals surface area (Å²) in [5, 5.41) is 6.29. The smallest absolute Gasteiger partial charge is 0.134 e. The van der Waals surface area contributed by atoms with Crippen LogP contribution in [0.3, 0.4) is 0 Å². The summed E-state index contributed by atoms with van der Waals surface area (Å²) in [5.74, 6) is 0.934. The largest absolute Gasteiger partial charge is 0.367 e. The van der Waals surface area contributed by atoms with Gasteiger partial charge in [-0.15, -0.1) is 0 Å². The first-order valence-electron chi connectivity index (χ1n) is 5.25. The zero-order valence-electron chi connectivity index (χ0n) is 8.50. The fourth-order valence-electron chi connectivity index (χ4n) is 1.76. The highest BCUT2D eigenvalue weighted by atomic mass is 79.9. The number of nitrogens with zero attached hydrogens (tertiary/aromatic N) is 1. The molecule has 1 aromatic carbocycles. The van der Waals surface area contributed by atoms with E-state index >= 15 is 0 Å². The molecule has 1 heterocycles. The zero-order valence-corrected chi connectivity index (χ0v) is 10.8. The summed E-state index contributed by atoms with van der Waals surface area (Å²) in [7, 11) is 0. The highest BCUT2D eigenvalue weighted by Gasteiger charge is 2.22. The Labute approximate surface area is 107 Å². The standard InChI is InChI=1S/C12H10BrClN2/c13-9-6-15-12(16-7-4-5-7)8-2-1-3-10(14)11(8)9/h1-3,6-7H,4-5H2,(H,15,16). The van der Waals surface area contributed by atoms with E-state index in [1.807, 2.05) is 18.2 Å². The lowest BCUT2D eigenvalue weighted by atomic mass is 10.1. The van der Waals surface area contributed by atoms with Crippen LogP contribution in [0.15, 0.2) is 28.9 Å². The van der Waals surface area contributed by atoms with Gasteiger partial charge in [0.25, 0.3) is 0 Å². The first-order valence-corrected chi connectivity index (χ1v) is 6.42. The fourth-order valence-corrected chi connectivity index (χ4v) is 2.68. The van der Waals surface area contributed by atoms with Gasteiger partial charge in [-0.25, -0.2) is 4.98 Å². The van der Waals surface area contributed by atoms with Crippen LogP contribution in [0, 0.1) is 0 Å². The van der Waals surface area contributed by atoms with Crippen molar-refractivity contribution in [3.05, 3.63) is 33.9 Å². The van der Waals surface area contributed by atoms with E-state index in [1.165, 1.54) is 12.8 Å². The number of fused-ring (bicyclic) bond motifs is 1. The van der Waals surface area contributed by atoms with Crippen molar-refractivity contribution < 1.29 is 0 Å². The molecule has 1 fully saturated rings. The number of rotatable bonds is 2. The van der Waals surface area contributed by atoms with E-state index < -0.39 is 0 Å². The molecule has 1 aromatic heterocycles. The molecule has 2 nitrogen and oxygen atoms in total. The van der Waals surface area contributed by atoms with E-state index in [-0.39, 0.29) is 0 Å². The predicted molar refractivity (Wildman–Crippen MR) is 71.1 cm³/mol. The Balaban J connectivity index is 2.21. The molecule has 2 aromatic rings. The fraction of sp³-hybridized carbons (Fsp3) is 0.250. The van der Waals surface area contributed by atoms with Gasteiger partial charge < -0.3 is 5.32 Å². The molecule has 4 heteroatoms. The SMILES string of the molecule is Clc1cccc2c(NC3CC3)ncc(Br)c12. The maximum absolute atomic E-state index is 6.20. The van der Waals surface area contributed by atoms with Gasteiger partial charge in [-0.1, -0.05) is 23.7 Å². The Morgan fingerprint density at radius 2 is 2.19 bits per heavy atom. The van der Waals surface area contributed by atoms with Crippen LogP contribution in [0.25, 0.3) is 10.8 Å². The minimum absolute atomic E-state index is 0.593. The Bertz CT molecular complexity index is 544. The number of hydrogen-bond donors (Lipinski definition) is 1. The van der Waals surface area contributed by atoms with Crippen LogP contribution in [-0.2, 0) is 0 Å². The van der Waals surface area contributed by atoms with Crippen molar-refractivity contribution in [3.8, 4) is 0 Å². The van der Waals surface area contributed by atoms with Crippen LogP contribution in [-0.4, -0.2) is 11.0 Å². The van der Waals surface area contributed by atoms with Gasteiger partial charge in [-0.3, -0.25) is 0 Å². The summed E-state index contributed by atoms with van der Waals surface area (Å²) < 4.78 is 0.939. The second-order valence-corrected chi connectivity index (χ2v) is 5.30. The van der Waals surface area contributed by atoms with E-state index in [2.05, 4.69) is 26.2 Å². The van der Waals surface area contributed by atoms with Crippen LogP contribution in [0.5, 0.6) is 0 Å². The third kappa shape index (κ3) is 1.78. The van der Waals surface area contributed by atoms with Crippen molar-refractivity contribution in [2.24, 2.45) is 0 Å². The molecule has 1 N–H and O–H groups in total. The van der Waals surface area contributed by atoms with Gasteiger partial charge in [-0.05, 0) is 34.8 Å². The van der Waals surface area contributed by atoms with Crippen LogP contribution in [0.2, 0.25) is 5.02 Å². The number of pyridine rings is 1. The highest BCUT2D eigenvalue weighted by Crippen LogP contribution is 2.35. The van der Waals surface area contributed by atoms with Gasteiger partial charge >= 0.3 is 0 Å². The van der Waals surface area contributed by atoms with E-state index in [1.54, 1.807) is 6.20 Å². The van der Waals surface area contributed by atoms with Gasteiger partial charge in [0.15, 0.2) is 0 Å². The topological polar surface area (TPSA) is 24.9 Å². The van der Waals surface area contributed by atoms with E-state index in [0.717, 1.165) is 26.1 Å². The molecule has 1 saturated carbocycles. The second kappa shape index (κ2) is 3.90. The van der Waals surface area contributed by atoms with Crippen molar-refractivity contribution in [2.75, 3.05) is 5.32 Å². The second-order valence-electron chi connectivity index (χ2n) is 4.04. The van der Waals surface area contributed by atoms with Crippen molar-refractivity contribution in [1.29, 1.82) is 0 Å². The lowest BCUT2D eigenvalue weighted by Gasteiger charge is -2.09.